The lowest BCUT2D eigenvalue weighted by Gasteiger charge is -2.25. The second-order valence-corrected chi connectivity index (χ2v) is 8.05. The number of sulfonamides is 1. The summed E-state index contributed by atoms with van der Waals surface area (Å²) in [7, 11) is -3.72. The monoisotopic (exact) mass is 387 g/mol. The highest BCUT2D eigenvalue weighted by molar-refractivity contribution is 7.92. The topological polar surface area (TPSA) is 99.5 Å². The van der Waals surface area contributed by atoms with Gasteiger partial charge in [0, 0.05) is 5.69 Å². The number of ether oxygens (including phenoxy) is 1. The summed E-state index contributed by atoms with van der Waals surface area (Å²) in [6.07, 6.45) is 0.883. The zero-order chi connectivity index (χ0) is 20.0. The van der Waals surface area contributed by atoms with Gasteiger partial charge in [-0.15, -0.1) is 0 Å². The van der Waals surface area contributed by atoms with E-state index in [1.807, 2.05) is 19.9 Å². The SMILES string of the molecule is CC(C)Oc1ccccc1N(CC(=O)Nc1ccc(C#N)cc1)S(C)(=O)=O. The van der Waals surface area contributed by atoms with E-state index >= 15 is 0 Å². The van der Waals surface area contributed by atoms with Gasteiger partial charge < -0.3 is 10.1 Å². The van der Waals surface area contributed by atoms with E-state index in [4.69, 9.17) is 10.00 Å². The van der Waals surface area contributed by atoms with E-state index in [1.165, 1.54) is 0 Å². The van der Waals surface area contributed by atoms with Crippen molar-refractivity contribution >= 4 is 27.3 Å². The molecule has 0 unspecified atom stereocenters. The summed E-state index contributed by atoms with van der Waals surface area (Å²) in [5, 5.41) is 11.4. The number of para-hydroxylation sites is 2. The molecule has 0 aromatic heterocycles. The molecule has 1 N–H and O–H groups in total. The molecule has 0 radical (unpaired) electrons. The van der Waals surface area contributed by atoms with Crippen LogP contribution in [0.25, 0.3) is 0 Å². The Labute approximate surface area is 159 Å². The molecule has 0 atom stereocenters. The molecule has 7 nitrogen and oxygen atoms in total. The number of carbonyl (C=O) groups is 1. The minimum Gasteiger partial charge on any atom is -0.489 e. The Bertz CT molecular complexity index is 948. The normalized spacial score (nSPS) is 10.9. The van der Waals surface area contributed by atoms with Crippen molar-refractivity contribution < 1.29 is 17.9 Å². The van der Waals surface area contributed by atoms with Crippen molar-refractivity contribution in [2.75, 3.05) is 22.4 Å². The minimum absolute atomic E-state index is 0.153. The third kappa shape index (κ3) is 5.72. The molecule has 0 saturated carbocycles. The van der Waals surface area contributed by atoms with Gasteiger partial charge in [0.25, 0.3) is 0 Å². The molecule has 0 fully saturated rings. The van der Waals surface area contributed by atoms with Crippen molar-refractivity contribution in [3.05, 3.63) is 54.1 Å². The number of nitrogens with zero attached hydrogens (tertiary/aromatic N) is 2. The van der Waals surface area contributed by atoms with Crippen molar-refractivity contribution in [1.29, 1.82) is 5.26 Å². The fraction of sp³-hybridized carbons (Fsp3) is 0.263. The Hall–Kier alpha value is -3.05. The summed E-state index contributed by atoms with van der Waals surface area (Å²) in [4.78, 5) is 12.4. The quantitative estimate of drug-likeness (QED) is 0.787. The molecular weight excluding hydrogens is 366 g/mol. The second kappa shape index (κ2) is 8.56. The lowest BCUT2D eigenvalue weighted by Crippen LogP contribution is -2.37. The lowest BCUT2D eigenvalue weighted by atomic mass is 10.2. The maximum atomic E-state index is 12.4. The smallest absolute Gasteiger partial charge is 0.245 e. The molecule has 1 amide bonds. The van der Waals surface area contributed by atoms with Crippen molar-refractivity contribution in [1.82, 2.24) is 0 Å². The summed E-state index contributed by atoms with van der Waals surface area (Å²) in [6, 6.07) is 14.9. The van der Waals surface area contributed by atoms with Crippen LogP contribution < -0.4 is 14.4 Å². The van der Waals surface area contributed by atoms with Gasteiger partial charge in [0.05, 0.1) is 29.7 Å². The standard InChI is InChI=1S/C19H21N3O4S/c1-14(2)26-18-7-5-4-6-17(18)22(27(3,24)25)13-19(23)21-16-10-8-15(12-20)9-11-16/h4-11,14H,13H2,1-3H3,(H,21,23). The molecular formula is C19H21N3O4S. The second-order valence-electron chi connectivity index (χ2n) is 6.14. The number of carbonyl (C=O) groups excluding carboxylic acids is 1. The van der Waals surface area contributed by atoms with Gasteiger partial charge >= 0.3 is 0 Å². The van der Waals surface area contributed by atoms with Gasteiger partial charge in [-0.2, -0.15) is 5.26 Å². The minimum atomic E-state index is -3.72. The Morgan fingerprint density at radius 3 is 2.37 bits per heavy atom. The fourth-order valence-electron chi connectivity index (χ4n) is 2.36. The molecule has 0 bridgehead atoms. The van der Waals surface area contributed by atoms with Crippen LogP contribution in [-0.2, 0) is 14.8 Å². The van der Waals surface area contributed by atoms with Gasteiger partial charge in [-0.1, -0.05) is 12.1 Å². The molecule has 0 aliphatic rings. The van der Waals surface area contributed by atoms with E-state index in [2.05, 4.69) is 5.32 Å². The predicted molar refractivity (Wildman–Crippen MR) is 104 cm³/mol. The largest absolute Gasteiger partial charge is 0.489 e. The Balaban J connectivity index is 2.25. The van der Waals surface area contributed by atoms with Crippen LogP contribution in [-0.4, -0.2) is 33.2 Å². The summed E-state index contributed by atoms with van der Waals surface area (Å²) < 4.78 is 31.3. The predicted octanol–water partition coefficient (Wildman–Crippen LogP) is 2.75. The van der Waals surface area contributed by atoms with Gasteiger partial charge in [0.2, 0.25) is 15.9 Å². The van der Waals surface area contributed by atoms with E-state index in [0.29, 0.717) is 22.7 Å². The first-order valence-corrected chi connectivity index (χ1v) is 10.1. The zero-order valence-electron chi connectivity index (χ0n) is 15.3. The number of nitriles is 1. The Morgan fingerprint density at radius 2 is 1.81 bits per heavy atom. The van der Waals surface area contributed by atoms with E-state index in [1.54, 1.807) is 48.5 Å². The molecule has 0 aliphatic carbocycles. The van der Waals surface area contributed by atoms with E-state index in [-0.39, 0.29) is 6.10 Å². The van der Waals surface area contributed by atoms with E-state index in [0.717, 1.165) is 10.6 Å². The van der Waals surface area contributed by atoms with Gasteiger partial charge in [-0.3, -0.25) is 9.10 Å². The molecule has 2 aromatic carbocycles. The van der Waals surface area contributed by atoms with Crippen molar-refractivity contribution in [3.63, 3.8) is 0 Å². The van der Waals surface area contributed by atoms with Crippen LogP contribution in [0.15, 0.2) is 48.5 Å². The summed E-state index contributed by atoms with van der Waals surface area (Å²) in [6.45, 7) is 3.26. The molecule has 0 aliphatic heterocycles. The van der Waals surface area contributed by atoms with Crippen LogP contribution in [0.1, 0.15) is 19.4 Å². The third-order valence-corrected chi connectivity index (χ3v) is 4.61. The highest BCUT2D eigenvalue weighted by Crippen LogP contribution is 2.30. The molecule has 2 aromatic rings. The lowest BCUT2D eigenvalue weighted by molar-refractivity contribution is -0.114. The summed E-state index contributed by atoms with van der Waals surface area (Å²) in [5.41, 5.74) is 1.23. The van der Waals surface area contributed by atoms with Crippen LogP contribution in [0.5, 0.6) is 5.75 Å². The highest BCUT2D eigenvalue weighted by atomic mass is 32.2. The number of amides is 1. The van der Waals surface area contributed by atoms with E-state index in [9.17, 15) is 13.2 Å². The summed E-state index contributed by atoms with van der Waals surface area (Å²) >= 11 is 0. The molecule has 27 heavy (non-hydrogen) atoms. The first-order chi connectivity index (χ1) is 12.7. The van der Waals surface area contributed by atoms with E-state index < -0.39 is 22.5 Å². The Morgan fingerprint density at radius 1 is 1.19 bits per heavy atom. The first kappa shape index (κ1) is 20.3. The third-order valence-electron chi connectivity index (χ3n) is 3.48. The summed E-state index contributed by atoms with van der Waals surface area (Å²) in [5.74, 6) is -0.131. The maximum absolute atomic E-state index is 12.4. The van der Waals surface area contributed by atoms with Crippen LogP contribution in [0, 0.1) is 11.3 Å². The number of hydrogen-bond donors (Lipinski definition) is 1. The van der Waals surface area contributed by atoms with Crippen LogP contribution >= 0.6 is 0 Å². The van der Waals surface area contributed by atoms with Crippen LogP contribution in [0.4, 0.5) is 11.4 Å². The van der Waals surface area contributed by atoms with Crippen molar-refractivity contribution in [2.45, 2.75) is 20.0 Å². The number of hydrogen-bond acceptors (Lipinski definition) is 5. The van der Waals surface area contributed by atoms with Gasteiger partial charge in [0.15, 0.2) is 0 Å². The zero-order valence-corrected chi connectivity index (χ0v) is 16.2. The average Bonchev–Trinajstić information content (AvgIpc) is 2.60. The molecule has 142 valence electrons. The van der Waals surface area contributed by atoms with Gasteiger partial charge in [-0.25, -0.2) is 8.42 Å². The number of benzene rings is 2. The van der Waals surface area contributed by atoms with Crippen molar-refractivity contribution in [2.24, 2.45) is 0 Å². The number of nitrogens with one attached hydrogen (secondary N) is 1. The number of anilines is 2. The first-order valence-electron chi connectivity index (χ1n) is 8.24. The molecule has 8 heteroatoms. The fourth-order valence-corrected chi connectivity index (χ4v) is 3.22. The van der Waals surface area contributed by atoms with Gasteiger partial charge in [0.1, 0.15) is 12.3 Å². The molecule has 0 heterocycles. The molecule has 0 saturated heterocycles. The average molecular weight is 387 g/mol. The maximum Gasteiger partial charge on any atom is 0.245 e. The molecule has 0 spiro atoms. The Kier molecular flexibility index (Phi) is 6.42. The van der Waals surface area contributed by atoms with Crippen LogP contribution in [0.3, 0.4) is 0 Å². The number of rotatable bonds is 7. The van der Waals surface area contributed by atoms with Gasteiger partial charge in [-0.05, 0) is 50.2 Å². The molecule has 2 rings (SSSR count). The highest BCUT2D eigenvalue weighted by Gasteiger charge is 2.24. The van der Waals surface area contributed by atoms with Crippen molar-refractivity contribution in [3.8, 4) is 11.8 Å². The van der Waals surface area contributed by atoms with Crippen LogP contribution in [0.2, 0.25) is 0 Å².